The van der Waals surface area contributed by atoms with E-state index < -0.39 is 0 Å². The third-order valence-corrected chi connectivity index (χ3v) is 5.63. The van der Waals surface area contributed by atoms with Gasteiger partial charge in [0.25, 0.3) is 0 Å². The third-order valence-electron chi connectivity index (χ3n) is 5.63. The summed E-state index contributed by atoms with van der Waals surface area (Å²) < 4.78 is 19.4. The van der Waals surface area contributed by atoms with Crippen LogP contribution in [0.4, 0.5) is 4.39 Å². The minimum absolute atomic E-state index is 0.103. The lowest BCUT2D eigenvalue weighted by Gasteiger charge is -2.11. The summed E-state index contributed by atoms with van der Waals surface area (Å²) in [7, 11) is 1.49. The van der Waals surface area contributed by atoms with Crippen molar-refractivity contribution in [2.45, 2.75) is 19.8 Å². The number of hydrogen-bond acceptors (Lipinski definition) is 5. The predicted molar refractivity (Wildman–Crippen MR) is 128 cm³/mol. The van der Waals surface area contributed by atoms with Gasteiger partial charge in [-0.15, -0.1) is 0 Å². The second kappa shape index (κ2) is 10.2. The Morgan fingerprint density at radius 3 is 2.44 bits per heavy atom. The van der Waals surface area contributed by atoms with Crippen LogP contribution in [-0.2, 0) is 12.8 Å². The van der Waals surface area contributed by atoms with Gasteiger partial charge in [0, 0.05) is 42.1 Å². The standard InChI is InChI=1S/C28H23FN2O3/c1-18-20(6-5-13-30-18)16-27(33)23-15-21(10-12-28(23)34-2)26(32)14-19-9-11-25(31-17-19)22-7-3-4-8-24(22)29/h3-13,15,17H,14,16H2,1-2H3. The maximum atomic E-state index is 14.0. The van der Waals surface area contributed by atoms with E-state index in [1.807, 2.05) is 13.0 Å². The Hall–Kier alpha value is -4.19. The zero-order valence-electron chi connectivity index (χ0n) is 18.9. The third kappa shape index (κ3) is 5.07. The van der Waals surface area contributed by atoms with E-state index in [9.17, 15) is 14.0 Å². The molecule has 0 aliphatic heterocycles. The van der Waals surface area contributed by atoms with Crippen molar-refractivity contribution in [3.05, 3.63) is 113 Å². The van der Waals surface area contributed by atoms with E-state index in [-0.39, 0.29) is 30.2 Å². The second-order valence-electron chi connectivity index (χ2n) is 7.89. The highest BCUT2D eigenvalue weighted by Gasteiger charge is 2.18. The molecule has 0 N–H and O–H groups in total. The van der Waals surface area contributed by atoms with E-state index in [1.54, 1.807) is 67.0 Å². The summed E-state index contributed by atoms with van der Waals surface area (Å²) >= 11 is 0. The first kappa shape index (κ1) is 23.0. The number of methoxy groups -OCH3 is 1. The van der Waals surface area contributed by atoms with Crippen molar-refractivity contribution in [1.82, 2.24) is 9.97 Å². The molecule has 0 radical (unpaired) electrons. The number of pyridine rings is 2. The molecule has 0 bridgehead atoms. The Morgan fingerprint density at radius 2 is 1.74 bits per heavy atom. The van der Waals surface area contributed by atoms with Crippen molar-refractivity contribution < 1.29 is 18.7 Å². The van der Waals surface area contributed by atoms with E-state index in [2.05, 4.69) is 9.97 Å². The number of rotatable bonds is 8. The molecule has 0 amide bonds. The Kier molecular flexibility index (Phi) is 6.87. The first-order chi connectivity index (χ1) is 16.5. The van der Waals surface area contributed by atoms with Gasteiger partial charge in [0.05, 0.1) is 18.4 Å². The van der Waals surface area contributed by atoms with Crippen molar-refractivity contribution in [3.63, 3.8) is 0 Å². The lowest BCUT2D eigenvalue weighted by atomic mass is 9.96. The van der Waals surface area contributed by atoms with Gasteiger partial charge in [-0.25, -0.2) is 4.39 Å². The second-order valence-corrected chi connectivity index (χ2v) is 7.89. The largest absolute Gasteiger partial charge is 0.496 e. The number of carbonyl (C=O) groups is 2. The van der Waals surface area contributed by atoms with Crippen LogP contribution in [0.3, 0.4) is 0 Å². The summed E-state index contributed by atoms with van der Waals surface area (Å²) in [6.07, 6.45) is 3.52. The van der Waals surface area contributed by atoms with Crippen LogP contribution in [0.5, 0.6) is 5.75 Å². The minimum Gasteiger partial charge on any atom is -0.496 e. The highest BCUT2D eigenvalue weighted by molar-refractivity contribution is 6.04. The van der Waals surface area contributed by atoms with Crippen LogP contribution in [-0.4, -0.2) is 28.6 Å². The van der Waals surface area contributed by atoms with Crippen molar-refractivity contribution in [1.29, 1.82) is 0 Å². The lowest BCUT2D eigenvalue weighted by molar-refractivity contribution is 0.0989. The molecule has 0 fully saturated rings. The summed E-state index contributed by atoms with van der Waals surface area (Å²) in [5, 5.41) is 0. The Balaban J connectivity index is 1.53. The van der Waals surface area contributed by atoms with Crippen molar-refractivity contribution in [3.8, 4) is 17.0 Å². The molecule has 0 saturated carbocycles. The topological polar surface area (TPSA) is 69.2 Å². The fraction of sp³-hybridized carbons (Fsp3) is 0.143. The molecule has 0 unspecified atom stereocenters. The smallest absolute Gasteiger partial charge is 0.171 e. The molecule has 0 aliphatic rings. The van der Waals surface area contributed by atoms with Crippen LogP contribution in [0.15, 0.2) is 79.1 Å². The van der Waals surface area contributed by atoms with Crippen molar-refractivity contribution in [2.75, 3.05) is 7.11 Å². The molecule has 2 aromatic carbocycles. The van der Waals surface area contributed by atoms with Gasteiger partial charge >= 0.3 is 0 Å². The molecular formula is C28H23FN2O3. The Labute approximate surface area is 197 Å². The van der Waals surface area contributed by atoms with Crippen LogP contribution in [0, 0.1) is 12.7 Å². The molecule has 2 aromatic heterocycles. The molecule has 170 valence electrons. The molecule has 0 atom stereocenters. The number of halogens is 1. The molecule has 4 rings (SSSR count). The number of hydrogen-bond donors (Lipinski definition) is 0. The molecular weight excluding hydrogens is 431 g/mol. The summed E-state index contributed by atoms with van der Waals surface area (Å²) in [5.41, 5.74) is 3.97. The van der Waals surface area contributed by atoms with Crippen LogP contribution >= 0.6 is 0 Å². The molecule has 5 nitrogen and oxygen atoms in total. The van der Waals surface area contributed by atoms with E-state index >= 15 is 0 Å². The van der Waals surface area contributed by atoms with Crippen LogP contribution in [0.1, 0.15) is 37.5 Å². The SMILES string of the molecule is COc1ccc(C(=O)Cc2ccc(-c3ccccc3F)nc2)cc1C(=O)Cc1cccnc1C. The Morgan fingerprint density at radius 1 is 0.912 bits per heavy atom. The number of Topliss-reactive ketones (excluding diaryl/α,β-unsaturated/α-hetero) is 2. The maximum absolute atomic E-state index is 14.0. The quantitative estimate of drug-likeness (QED) is 0.331. The first-order valence-electron chi connectivity index (χ1n) is 10.8. The normalized spacial score (nSPS) is 10.7. The minimum atomic E-state index is -0.351. The average Bonchev–Trinajstić information content (AvgIpc) is 2.86. The Bertz CT molecular complexity index is 1350. The molecule has 0 aliphatic carbocycles. The number of carbonyl (C=O) groups excluding carboxylic acids is 2. The fourth-order valence-corrected chi connectivity index (χ4v) is 3.72. The van der Waals surface area contributed by atoms with Gasteiger partial charge in [-0.05, 0) is 60.5 Å². The number of ether oxygens (including phenoxy) is 1. The molecule has 0 saturated heterocycles. The molecule has 2 heterocycles. The van der Waals surface area contributed by atoms with E-state index in [0.29, 0.717) is 33.7 Å². The predicted octanol–water partition coefficient (Wildman–Crippen LogP) is 5.45. The summed E-state index contributed by atoms with van der Waals surface area (Å²) in [6.45, 7) is 1.85. The molecule has 0 spiro atoms. The number of nitrogens with zero attached hydrogens (tertiary/aromatic N) is 2. The zero-order chi connectivity index (χ0) is 24.1. The summed E-state index contributed by atoms with van der Waals surface area (Å²) in [4.78, 5) is 34.5. The van der Waals surface area contributed by atoms with Gasteiger partial charge in [0.1, 0.15) is 11.6 Å². The number of aryl methyl sites for hydroxylation is 1. The highest BCUT2D eigenvalue weighted by Crippen LogP contribution is 2.24. The summed E-state index contributed by atoms with van der Waals surface area (Å²) in [6, 6.07) is 18.4. The number of aromatic nitrogens is 2. The average molecular weight is 455 g/mol. The van der Waals surface area contributed by atoms with Crippen molar-refractivity contribution in [2.24, 2.45) is 0 Å². The number of benzene rings is 2. The van der Waals surface area contributed by atoms with Gasteiger partial charge in [0.2, 0.25) is 0 Å². The first-order valence-corrected chi connectivity index (χ1v) is 10.8. The fourth-order valence-electron chi connectivity index (χ4n) is 3.72. The molecule has 6 heteroatoms. The molecule has 34 heavy (non-hydrogen) atoms. The monoisotopic (exact) mass is 454 g/mol. The van der Waals surface area contributed by atoms with Crippen LogP contribution < -0.4 is 4.74 Å². The lowest BCUT2D eigenvalue weighted by Crippen LogP contribution is -2.10. The van der Waals surface area contributed by atoms with Gasteiger partial charge < -0.3 is 4.74 Å². The summed E-state index contributed by atoms with van der Waals surface area (Å²) in [5.74, 6) is -0.247. The van der Waals surface area contributed by atoms with E-state index in [0.717, 1.165) is 11.3 Å². The molecule has 4 aromatic rings. The van der Waals surface area contributed by atoms with Gasteiger partial charge in [0.15, 0.2) is 11.6 Å². The maximum Gasteiger partial charge on any atom is 0.171 e. The number of ketones is 2. The van der Waals surface area contributed by atoms with Crippen LogP contribution in [0.2, 0.25) is 0 Å². The van der Waals surface area contributed by atoms with Crippen molar-refractivity contribution >= 4 is 11.6 Å². The zero-order valence-corrected chi connectivity index (χ0v) is 18.9. The highest BCUT2D eigenvalue weighted by atomic mass is 19.1. The van der Waals surface area contributed by atoms with Gasteiger partial charge in [-0.1, -0.05) is 24.3 Å². The van der Waals surface area contributed by atoms with Gasteiger partial charge in [-0.3, -0.25) is 19.6 Å². The van der Waals surface area contributed by atoms with Gasteiger partial charge in [-0.2, -0.15) is 0 Å². The van der Waals surface area contributed by atoms with E-state index in [4.69, 9.17) is 4.74 Å². The van der Waals surface area contributed by atoms with E-state index in [1.165, 1.54) is 13.2 Å². The van der Waals surface area contributed by atoms with Crippen LogP contribution in [0.25, 0.3) is 11.3 Å².